The van der Waals surface area contributed by atoms with E-state index in [9.17, 15) is 12.8 Å². The minimum absolute atomic E-state index is 0.165. The summed E-state index contributed by atoms with van der Waals surface area (Å²) in [6.07, 6.45) is 7.03. The summed E-state index contributed by atoms with van der Waals surface area (Å²) in [4.78, 5) is 2.58. The minimum atomic E-state index is -3.67. The van der Waals surface area contributed by atoms with E-state index < -0.39 is 10.0 Å². The molecule has 0 spiro atoms. The Kier molecular flexibility index (Phi) is 7.56. The lowest BCUT2D eigenvalue weighted by molar-refractivity contribution is 0.168. The quantitative estimate of drug-likeness (QED) is 0.295. The molecular formula is C28H34FN5O3S. The second-order valence-corrected chi connectivity index (χ2v) is 11.7. The average molecular weight is 540 g/mol. The monoisotopic (exact) mass is 539 g/mol. The molecule has 0 aliphatic carbocycles. The fourth-order valence-electron chi connectivity index (χ4n) is 5.28. The van der Waals surface area contributed by atoms with Crippen LogP contribution in [0, 0.1) is 12.7 Å². The molecule has 3 heterocycles. The van der Waals surface area contributed by atoms with Gasteiger partial charge in [0, 0.05) is 62.8 Å². The number of rotatable bonds is 10. The Morgan fingerprint density at radius 2 is 1.97 bits per heavy atom. The number of halogens is 1. The lowest BCUT2D eigenvalue weighted by atomic mass is 10.1. The molecule has 1 atom stereocenters. The molecule has 2 aromatic heterocycles. The third kappa shape index (κ3) is 5.08. The van der Waals surface area contributed by atoms with Gasteiger partial charge in [0.05, 0.1) is 28.9 Å². The van der Waals surface area contributed by atoms with Gasteiger partial charge in [-0.25, -0.2) is 17.5 Å². The molecule has 10 heteroatoms. The van der Waals surface area contributed by atoms with Crippen LogP contribution in [0.15, 0.2) is 66.0 Å². The van der Waals surface area contributed by atoms with Crippen molar-refractivity contribution in [3.8, 4) is 5.69 Å². The first kappa shape index (κ1) is 26.4. The molecule has 2 aromatic carbocycles. The molecule has 0 saturated carbocycles. The Labute approximate surface area is 223 Å². The largest absolute Gasteiger partial charge is 0.383 e. The van der Waals surface area contributed by atoms with Crippen LogP contribution in [0.25, 0.3) is 16.6 Å². The van der Waals surface area contributed by atoms with E-state index in [2.05, 4.69) is 36.0 Å². The smallest absolute Gasteiger partial charge is 0.244 e. The molecular weight excluding hydrogens is 505 g/mol. The third-order valence-electron chi connectivity index (χ3n) is 7.20. The number of methoxy groups -OCH3 is 1. The van der Waals surface area contributed by atoms with E-state index in [1.807, 2.05) is 21.6 Å². The summed E-state index contributed by atoms with van der Waals surface area (Å²) in [5.74, 6) is -0.285. The number of hydrogen-bond acceptors (Lipinski definition) is 5. The van der Waals surface area contributed by atoms with Crippen LogP contribution in [0.5, 0.6) is 0 Å². The number of fused-ring (bicyclic) bond motifs is 1. The van der Waals surface area contributed by atoms with Crippen LogP contribution >= 0.6 is 0 Å². The average Bonchev–Trinajstić information content (AvgIpc) is 3.65. The van der Waals surface area contributed by atoms with Crippen molar-refractivity contribution in [2.24, 2.45) is 0 Å². The number of aryl methyl sites for hydroxylation is 2. The summed E-state index contributed by atoms with van der Waals surface area (Å²) < 4.78 is 51.4. The van der Waals surface area contributed by atoms with E-state index in [0.29, 0.717) is 24.6 Å². The molecule has 8 nitrogen and oxygen atoms in total. The van der Waals surface area contributed by atoms with E-state index in [-0.39, 0.29) is 11.9 Å². The zero-order valence-electron chi connectivity index (χ0n) is 22.0. The van der Waals surface area contributed by atoms with Crippen molar-refractivity contribution >= 4 is 26.6 Å². The number of ether oxygens (including phenoxy) is 1. The van der Waals surface area contributed by atoms with Crippen molar-refractivity contribution in [2.45, 2.75) is 44.2 Å². The molecule has 1 aliphatic heterocycles. The highest BCUT2D eigenvalue weighted by atomic mass is 32.2. The topological polar surface area (TPSA) is 72.6 Å². The van der Waals surface area contributed by atoms with Crippen molar-refractivity contribution in [1.29, 1.82) is 0 Å². The van der Waals surface area contributed by atoms with Crippen LogP contribution in [-0.2, 0) is 21.3 Å². The number of sulfonamides is 1. The summed E-state index contributed by atoms with van der Waals surface area (Å²) in [6, 6.07) is 12.0. The highest BCUT2D eigenvalue weighted by molar-refractivity contribution is 7.89. The van der Waals surface area contributed by atoms with Gasteiger partial charge in [0.2, 0.25) is 10.0 Å². The Morgan fingerprint density at radius 1 is 1.18 bits per heavy atom. The third-order valence-corrected chi connectivity index (χ3v) is 9.13. The number of anilines is 1. The fraction of sp³-hybridized carbons (Fsp3) is 0.393. The van der Waals surface area contributed by atoms with E-state index in [4.69, 9.17) is 4.74 Å². The number of hydrogen-bond donors (Lipinski definition) is 0. The summed E-state index contributed by atoms with van der Waals surface area (Å²) in [5, 5.41) is 5.51. The molecule has 202 valence electrons. The van der Waals surface area contributed by atoms with Gasteiger partial charge in [0.25, 0.3) is 0 Å². The second kappa shape index (κ2) is 10.9. The van der Waals surface area contributed by atoms with Crippen molar-refractivity contribution < 1.29 is 17.5 Å². The van der Waals surface area contributed by atoms with E-state index in [1.165, 1.54) is 12.1 Å². The Hall–Kier alpha value is -3.21. The summed E-state index contributed by atoms with van der Waals surface area (Å²) in [5.41, 5.74) is 3.87. The first-order valence-electron chi connectivity index (χ1n) is 13.0. The van der Waals surface area contributed by atoms with Crippen molar-refractivity contribution in [1.82, 2.24) is 18.7 Å². The molecule has 0 radical (unpaired) electrons. The molecule has 1 saturated heterocycles. The Balaban J connectivity index is 1.40. The first-order chi connectivity index (χ1) is 18.3. The molecule has 0 unspecified atom stereocenters. The normalized spacial score (nSPS) is 16.2. The summed E-state index contributed by atoms with van der Waals surface area (Å²) in [7, 11) is -2.08. The van der Waals surface area contributed by atoms with Gasteiger partial charge >= 0.3 is 0 Å². The SMILES string of the molecule is CCCn1ccc(S(=O)(=O)N(CCOC)[C@@H]2CCN(c3cc4cnn(-c5ccc(F)cc5)c4cc3C)C2)c1. The highest BCUT2D eigenvalue weighted by Gasteiger charge is 2.36. The van der Waals surface area contributed by atoms with Crippen LogP contribution in [0.3, 0.4) is 0 Å². The van der Waals surface area contributed by atoms with Crippen molar-refractivity contribution in [3.63, 3.8) is 0 Å². The van der Waals surface area contributed by atoms with E-state index >= 15 is 0 Å². The molecule has 0 bridgehead atoms. The van der Waals surface area contributed by atoms with Crippen molar-refractivity contribution in [3.05, 3.63) is 72.4 Å². The van der Waals surface area contributed by atoms with Gasteiger partial charge in [0.15, 0.2) is 0 Å². The van der Waals surface area contributed by atoms with E-state index in [0.717, 1.165) is 53.8 Å². The maximum Gasteiger partial charge on any atom is 0.244 e. The van der Waals surface area contributed by atoms with Gasteiger partial charge in [-0.15, -0.1) is 0 Å². The molecule has 0 amide bonds. The minimum Gasteiger partial charge on any atom is -0.383 e. The van der Waals surface area contributed by atoms with E-state index in [1.54, 1.807) is 35.8 Å². The van der Waals surface area contributed by atoms with Crippen molar-refractivity contribution in [2.75, 3.05) is 38.3 Å². The Bertz CT molecular complexity index is 1510. The maximum absolute atomic E-state index is 13.7. The fourth-order valence-corrected chi connectivity index (χ4v) is 6.93. The van der Waals surface area contributed by atoms with Gasteiger partial charge in [0.1, 0.15) is 5.82 Å². The predicted octanol–water partition coefficient (Wildman–Crippen LogP) is 4.60. The second-order valence-electron chi connectivity index (χ2n) is 9.81. The van der Waals surface area contributed by atoms with Crippen LogP contribution in [0.4, 0.5) is 10.1 Å². The van der Waals surface area contributed by atoms with Crippen LogP contribution in [0.2, 0.25) is 0 Å². The van der Waals surface area contributed by atoms with Gasteiger partial charge in [-0.3, -0.25) is 0 Å². The summed E-state index contributed by atoms with van der Waals surface area (Å²) in [6.45, 7) is 6.89. The first-order valence-corrected chi connectivity index (χ1v) is 14.4. The standard InChI is InChI=1S/C28H34FN5O3S/c1-4-11-31-12-10-26(20-31)38(35,36)33(14-15-37-3)25-9-13-32(19-25)27-17-22-18-30-34(28(22)16-21(27)2)24-7-5-23(29)6-8-24/h5-8,10,12,16-18,20,25H,4,9,11,13-15,19H2,1-3H3/t25-/m1/s1. The van der Waals surface area contributed by atoms with Crippen LogP contribution in [-0.4, -0.2) is 66.5 Å². The highest BCUT2D eigenvalue weighted by Crippen LogP contribution is 2.32. The zero-order chi connectivity index (χ0) is 26.9. The van der Waals surface area contributed by atoms with Gasteiger partial charge in [-0.2, -0.15) is 9.40 Å². The van der Waals surface area contributed by atoms with Gasteiger partial charge in [-0.1, -0.05) is 6.92 Å². The molecule has 38 heavy (non-hydrogen) atoms. The van der Waals surface area contributed by atoms with Gasteiger partial charge in [-0.05, 0) is 67.8 Å². The number of aromatic nitrogens is 3. The lowest BCUT2D eigenvalue weighted by Gasteiger charge is -2.28. The maximum atomic E-state index is 13.7. The summed E-state index contributed by atoms with van der Waals surface area (Å²) >= 11 is 0. The lowest BCUT2D eigenvalue weighted by Crippen LogP contribution is -2.43. The van der Waals surface area contributed by atoms with Gasteiger partial charge < -0.3 is 14.2 Å². The number of nitrogens with zero attached hydrogens (tertiary/aromatic N) is 5. The zero-order valence-corrected chi connectivity index (χ0v) is 22.9. The number of benzene rings is 2. The molecule has 1 fully saturated rings. The van der Waals surface area contributed by atoms with Crippen LogP contribution in [0.1, 0.15) is 25.3 Å². The predicted molar refractivity (Wildman–Crippen MR) is 147 cm³/mol. The Morgan fingerprint density at radius 3 is 2.71 bits per heavy atom. The molecule has 1 aliphatic rings. The molecule has 4 aromatic rings. The molecule has 0 N–H and O–H groups in total. The van der Waals surface area contributed by atoms with Crippen LogP contribution < -0.4 is 4.90 Å². The molecule has 5 rings (SSSR count).